The molecule has 8 heteroatoms. The minimum absolute atomic E-state index is 0.0205. The number of nitrogens with zero attached hydrogens (tertiary/aromatic N) is 2. The van der Waals surface area contributed by atoms with E-state index in [-0.39, 0.29) is 23.8 Å². The molecule has 1 saturated carbocycles. The molecule has 158 valence electrons. The van der Waals surface area contributed by atoms with Gasteiger partial charge in [0.2, 0.25) is 0 Å². The maximum atomic E-state index is 13.4. The lowest BCUT2D eigenvalue weighted by Crippen LogP contribution is -2.43. The van der Waals surface area contributed by atoms with Gasteiger partial charge in [-0.3, -0.25) is 4.79 Å². The van der Waals surface area contributed by atoms with Crippen LogP contribution in [0.1, 0.15) is 41.9 Å². The van der Waals surface area contributed by atoms with Crippen LogP contribution < -0.4 is 10.2 Å². The van der Waals surface area contributed by atoms with E-state index in [2.05, 4.69) is 10.3 Å². The molecule has 0 spiro atoms. The van der Waals surface area contributed by atoms with Gasteiger partial charge in [0.25, 0.3) is 5.91 Å². The Morgan fingerprint density at radius 3 is 2.53 bits per heavy atom. The summed E-state index contributed by atoms with van der Waals surface area (Å²) in [7, 11) is 1.83. The molecular formula is C22H22F3N3O2. The van der Waals surface area contributed by atoms with Crippen LogP contribution in [0, 0.1) is 0 Å². The van der Waals surface area contributed by atoms with Gasteiger partial charge in [0, 0.05) is 30.2 Å². The number of alkyl halides is 3. The second-order valence-corrected chi connectivity index (χ2v) is 7.61. The van der Waals surface area contributed by atoms with E-state index in [1.54, 1.807) is 36.4 Å². The molecule has 2 aromatic heterocycles. The van der Waals surface area contributed by atoms with E-state index in [4.69, 9.17) is 4.42 Å². The summed E-state index contributed by atoms with van der Waals surface area (Å²) in [5.74, 6) is 0.0314. The molecule has 3 aromatic rings. The number of hydrogen-bond acceptors (Lipinski definition) is 4. The number of pyridine rings is 1. The summed E-state index contributed by atoms with van der Waals surface area (Å²) in [5, 5.41) is 3.66. The number of halogens is 3. The third-order valence-corrected chi connectivity index (χ3v) is 5.69. The SMILES string of the molecule is CN(c1cc(C(F)(F)F)nc2ccccc12)C1CCC(NC(=O)c2ccco2)CC1. The van der Waals surface area contributed by atoms with Crippen molar-refractivity contribution in [2.75, 3.05) is 11.9 Å². The number of anilines is 1. The van der Waals surface area contributed by atoms with Crippen LogP contribution in [-0.4, -0.2) is 30.0 Å². The molecule has 0 radical (unpaired) electrons. The lowest BCUT2D eigenvalue weighted by molar-refractivity contribution is -0.140. The number of hydrogen-bond donors (Lipinski definition) is 1. The monoisotopic (exact) mass is 417 g/mol. The van der Waals surface area contributed by atoms with Gasteiger partial charge in [0.05, 0.1) is 11.8 Å². The Labute approximate surface area is 171 Å². The van der Waals surface area contributed by atoms with Crippen molar-refractivity contribution in [1.29, 1.82) is 0 Å². The Bertz CT molecular complexity index is 1030. The molecule has 30 heavy (non-hydrogen) atoms. The van der Waals surface area contributed by atoms with Gasteiger partial charge in [-0.2, -0.15) is 13.2 Å². The Morgan fingerprint density at radius 2 is 1.87 bits per heavy atom. The molecule has 1 aromatic carbocycles. The zero-order valence-corrected chi connectivity index (χ0v) is 16.4. The molecule has 1 N–H and O–H groups in total. The van der Waals surface area contributed by atoms with Gasteiger partial charge in [0.15, 0.2) is 5.76 Å². The summed E-state index contributed by atoms with van der Waals surface area (Å²) in [6, 6.07) is 11.4. The fourth-order valence-electron chi connectivity index (χ4n) is 4.06. The second kappa shape index (κ2) is 8.01. The van der Waals surface area contributed by atoms with Crippen LogP contribution in [0.2, 0.25) is 0 Å². The molecular weight excluding hydrogens is 395 g/mol. The van der Waals surface area contributed by atoms with Gasteiger partial charge in [-0.25, -0.2) is 4.98 Å². The molecule has 0 saturated heterocycles. The number of nitrogens with one attached hydrogen (secondary N) is 1. The summed E-state index contributed by atoms with van der Waals surface area (Å²) >= 11 is 0. The largest absolute Gasteiger partial charge is 0.459 e. The third kappa shape index (κ3) is 4.13. The fourth-order valence-corrected chi connectivity index (χ4v) is 4.06. The van der Waals surface area contributed by atoms with Gasteiger partial charge in [-0.15, -0.1) is 0 Å². The van der Waals surface area contributed by atoms with Crippen LogP contribution in [0.25, 0.3) is 10.9 Å². The van der Waals surface area contributed by atoms with Crippen LogP contribution in [-0.2, 0) is 6.18 Å². The van der Waals surface area contributed by atoms with Crippen LogP contribution in [0.3, 0.4) is 0 Å². The number of para-hydroxylation sites is 1. The van der Waals surface area contributed by atoms with Crippen molar-refractivity contribution in [2.24, 2.45) is 0 Å². The summed E-state index contributed by atoms with van der Waals surface area (Å²) in [5.41, 5.74) is -0.0352. The molecule has 0 unspecified atom stereocenters. The molecule has 2 heterocycles. The van der Waals surface area contributed by atoms with Crippen molar-refractivity contribution in [3.05, 3.63) is 60.2 Å². The van der Waals surface area contributed by atoms with Crippen molar-refractivity contribution < 1.29 is 22.4 Å². The van der Waals surface area contributed by atoms with E-state index >= 15 is 0 Å². The number of benzene rings is 1. The van der Waals surface area contributed by atoms with Gasteiger partial charge < -0.3 is 14.6 Å². The van der Waals surface area contributed by atoms with E-state index in [9.17, 15) is 18.0 Å². The molecule has 1 fully saturated rings. The fraction of sp³-hybridized carbons (Fsp3) is 0.364. The molecule has 5 nitrogen and oxygen atoms in total. The predicted octanol–water partition coefficient (Wildman–Crippen LogP) is 5.02. The number of amides is 1. The first-order valence-electron chi connectivity index (χ1n) is 9.87. The first-order valence-corrected chi connectivity index (χ1v) is 9.87. The zero-order chi connectivity index (χ0) is 21.3. The number of aromatic nitrogens is 1. The third-order valence-electron chi connectivity index (χ3n) is 5.69. The molecule has 0 aliphatic heterocycles. The van der Waals surface area contributed by atoms with E-state index in [1.807, 2.05) is 11.9 Å². The number of furan rings is 1. The quantitative estimate of drug-likeness (QED) is 0.647. The lowest BCUT2D eigenvalue weighted by Gasteiger charge is -2.36. The van der Waals surface area contributed by atoms with Crippen molar-refractivity contribution in [3.63, 3.8) is 0 Å². The van der Waals surface area contributed by atoms with Crippen LogP contribution in [0.5, 0.6) is 0 Å². The Balaban J connectivity index is 1.49. The highest BCUT2D eigenvalue weighted by Gasteiger charge is 2.34. The molecule has 1 aliphatic rings. The van der Waals surface area contributed by atoms with Gasteiger partial charge in [-0.05, 0) is 49.9 Å². The minimum Gasteiger partial charge on any atom is -0.459 e. The minimum atomic E-state index is -4.51. The van der Waals surface area contributed by atoms with Crippen LogP contribution in [0.4, 0.5) is 18.9 Å². The Morgan fingerprint density at radius 1 is 1.13 bits per heavy atom. The first kappa shape index (κ1) is 20.3. The average Bonchev–Trinajstić information content (AvgIpc) is 3.27. The van der Waals surface area contributed by atoms with Crippen LogP contribution in [0.15, 0.2) is 53.1 Å². The van der Waals surface area contributed by atoms with Crippen molar-refractivity contribution in [3.8, 4) is 0 Å². The van der Waals surface area contributed by atoms with Crippen molar-refractivity contribution in [1.82, 2.24) is 10.3 Å². The van der Waals surface area contributed by atoms with E-state index < -0.39 is 11.9 Å². The second-order valence-electron chi connectivity index (χ2n) is 7.61. The molecule has 0 atom stereocenters. The van der Waals surface area contributed by atoms with Gasteiger partial charge in [-0.1, -0.05) is 18.2 Å². The smallest absolute Gasteiger partial charge is 0.433 e. The van der Waals surface area contributed by atoms with E-state index in [0.29, 0.717) is 16.6 Å². The van der Waals surface area contributed by atoms with Crippen molar-refractivity contribution >= 4 is 22.5 Å². The number of fused-ring (bicyclic) bond motifs is 1. The summed E-state index contributed by atoms with van der Waals surface area (Å²) < 4.78 is 45.2. The van der Waals surface area contributed by atoms with Gasteiger partial charge in [0.1, 0.15) is 5.69 Å². The standard InChI is InChI=1S/C22H22F3N3O2/c1-28(15-10-8-14(9-11-15)26-21(29)19-7-4-12-30-19)18-13-20(22(23,24)25)27-17-6-3-2-5-16(17)18/h2-7,12-15H,8-11H2,1H3,(H,26,29). The number of rotatable bonds is 4. The predicted molar refractivity (Wildman–Crippen MR) is 107 cm³/mol. The zero-order valence-electron chi connectivity index (χ0n) is 16.4. The average molecular weight is 417 g/mol. The lowest BCUT2D eigenvalue weighted by atomic mass is 9.89. The topological polar surface area (TPSA) is 58.4 Å². The Kier molecular flexibility index (Phi) is 5.40. The molecule has 1 aliphatic carbocycles. The number of carbonyl (C=O) groups excluding carboxylic acids is 1. The summed E-state index contributed by atoms with van der Waals surface area (Å²) in [6.45, 7) is 0. The van der Waals surface area contributed by atoms with E-state index in [1.165, 1.54) is 6.26 Å². The maximum absolute atomic E-state index is 13.4. The first-order chi connectivity index (χ1) is 14.3. The number of carbonyl (C=O) groups is 1. The highest BCUT2D eigenvalue weighted by Crippen LogP contribution is 2.36. The van der Waals surface area contributed by atoms with Crippen LogP contribution >= 0.6 is 0 Å². The molecule has 0 bridgehead atoms. The highest BCUT2D eigenvalue weighted by atomic mass is 19.4. The normalized spacial score (nSPS) is 19.6. The van der Waals surface area contributed by atoms with Crippen molar-refractivity contribution in [2.45, 2.75) is 43.9 Å². The highest BCUT2D eigenvalue weighted by molar-refractivity contribution is 5.92. The molecule has 1 amide bonds. The summed E-state index contributed by atoms with van der Waals surface area (Å²) in [6.07, 6.45) is -0.0369. The Hall–Kier alpha value is -3.03. The summed E-state index contributed by atoms with van der Waals surface area (Å²) in [4.78, 5) is 17.9. The van der Waals surface area contributed by atoms with E-state index in [0.717, 1.165) is 31.7 Å². The maximum Gasteiger partial charge on any atom is 0.433 e. The van der Waals surface area contributed by atoms with Gasteiger partial charge >= 0.3 is 6.18 Å². The molecule has 4 rings (SSSR count).